The van der Waals surface area contributed by atoms with Crippen LogP contribution in [-0.2, 0) is 0 Å². The van der Waals surface area contributed by atoms with Crippen molar-refractivity contribution in [2.24, 2.45) is 5.92 Å². The molecule has 17 heavy (non-hydrogen) atoms. The van der Waals surface area contributed by atoms with E-state index < -0.39 is 10.7 Å². The van der Waals surface area contributed by atoms with Crippen molar-refractivity contribution in [3.05, 3.63) is 34.1 Å². The Balaban J connectivity index is 2.23. The van der Waals surface area contributed by atoms with E-state index in [-0.39, 0.29) is 11.2 Å². The second kappa shape index (κ2) is 3.98. The van der Waals surface area contributed by atoms with Crippen LogP contribution in [0.2, 0.25) is 0 Å². The summed E-state index contributed by atoms with van der Waals surface area (Å²) < 4.78 is 13.2. The summed E-state index contributed by atoms with van der Waals surface area (Å²) in [5.74, 6) is -0.0295. The Labute approximate surface area is 99.0 Å². The maximum absolute atomic E-state index is 13.2. The number of nitrogens with one attached hydrogen (secondary N) is 1. The molecule has 1 aromatic rings. The SMILES string of the molecule is CC(C)(Nc1cc(F)cc([N+](=O)[O-])c1)C1CC1. The fourth-order valence-corrected chi connectivity index (χ4v) is 2.03. The highest BCUT2D eigenvalue weighted by Gasteiger charge is 2.37. The van der Waals surface area contributed by atoms with Crippen molar-refractivity contribution in [2.45, 2.75) is 32.2 Å². The van der Waals surface area contributed by atoms with Crippen molar-refractivity contribution in [3.63, 3.8) is 0 Å². The quantitative estimate of drug-likeness (QED) is 0.646. The number of benzene rings is 1. The third kappa shape index (κ3) is 2.72. The molecule has 1 saturated carbocycles. The molecule has 92 valence electrons. The molecule has 0 amide bonds. The van der Waals surface area contributed by atoms with Gasteiger partial charge in [0.1, 0.15) is 5.82 Å². The first-order valence-corrected chi connectivity index (χ1v) is 5.61. The predicted molar refractivity (Wildman–Crippen MR) is 63.5 cm³/mol. The van der Waals surface area contributed by atoms with Gasteiger partial charge in [-0.15, -0.1) is 0 Å². The molecule has 4 nitrogen and oxygen atoms in total. The molecule has 1 N–H and O–H groups in total. The highest BCUT2D eigenvalue weighted by molar-refractivity contribution is 5.53. The van der Waals surface area contributed by atoms with E-state index in [0.29, 0.717) is 11.6 Å². The summed E-state index contributed by atoms with van der Waals surface area (Å²) in [4.78, 5) is 10.0. The van der Waals surface area contributed by atoms with Crippen molar-refractivity contribution in [1.29, 1.82) is 0 Å². The number of hydrogen-bond donors (Lipinski definition) is 1. The minimum atomic E-state index is -0.590. The molecule has 0 saturated heterocycles. The molecule has 0 atom stereocenters. The van der Waals surface area contributed by atoms with Gasteiger partial charge in [-0.05, 0) is 38.7 Å². The Morgan fingerprint density at radius 1 is 1.41 bits per heavy atom. The molecule has 2 rings (SSSR count). The normalized spacial score (nSPS) is 15.7. The summed E-state index contributed by atoms with van der Waals surface area (Å²) in [6, 6.07) is 3.58. The van der Waals surface area contributed by atoms with Gasteiger partial charge in [0.05, 0.1) is 11.0 Å². The molecule has 1 fully saturated rings. The van der Waals surface area contributed by atoms with Crippen molar-refractivity contribution >= 4 is 11.4 Å². The third-order valence-electron chi connectivity index (χ3n) is 3.16. The van der Waals surface area contributed by atoms with Gasteiger partial charge < -0.3 is 5.32 Å². The van der Waals surface area contributed by atoms with E-state index in [1.165, 1.54) is 12.1 Å². The van der Waals surface area contributed by atoms with Crippen LogP contribution < -0.4 is 5.32 Å². The number of rotatable bonds is 4. The predicted octanol–water partition coefficient (Wildman–Crippen LogP) is 3.33. The number of hydrogen-bond acceptors (Lipinski definition) is 3. The number of nitro benzene ring substituents is 1. The summed E-state index contributed by atoms with van der Waals surface area (Å²) >= 11 is 0. The molecule has 5 heteroatoms. The lowest BCUT2D eigenvalue weighted by Gasteiger charge is -2.27. The zero-order valence-electron chi connectivity index (χ0n) is 9.87. The van der Waals surface area contributed by atoms with E-state index in [2.05, 4.69) is 5.32 Å². The van der Waals surface area contributed by atoms with Gasteiger partial charge in [-0.3, -0.25) is 10.1 Å². The van der Waals surface area contributed by atoms with Crippen molar-refractivity contribution in [1.82, 2.24) is 0 Å². The standard InChI is InChI=1S/C12H15FN2O2/c1-12(2,8-3-4-8)14-10-5-9(13)6-11(7-10)15(16)17/h5-8,14H,3-4H2,1-2H3. The number of non-ortho nitro benzene ring substituents is 1. The minimum absolute atomic E-state index is 0.151. The van der Waals surface area contributed by atoms with Crippen LogP contribution in [0.4, 0.5) is 15.8 Å². The van der Waals surface area contributed by atoms with Gasteiger partial charge in [0.15, 0.2) is 0 Å². The molecular weight excluding hydrogens is 223 g/mol. The maximum atomic E-state index is 13.2. The first-order chi connectivity index (χ1) is 7.88. The van der Waals surface area contributed by atoms with Gasteiger partial charge in [-0.1, -0.05) is 0 Å². The lowest BCUT2D eigenvalue weighted by atomic mass is 9.98. The zero-order valence-corrected chi connectivity index (χ0v) is 9.87. The number of nitrogens with zero attached hydrogens (tertiary/aromatic N) is 1. The maximum Gasteiger partial charge on any atom is 0.274 e. The topological polar surface area (TPSA) is 55.2 Å². The molecular formula is C12H15FN2O2. The molecule has 0 heterocycles. The van der Waals surface area contributed by atoms with Gasteiger partial charge >= 0.3 is 0 Å². The van der Waals surface area contributed by atoms with Gasteiger partial charge in [0, 0.05) is 17.3 Å². The van der Waals surface area contributed by atoms with Crippen molar-refractivity contribution in [3.8, 4) is 0 Å². The second-order valence-electron chi connectivity index (χ2n) is 5.08. The summed E-state index contributed by atoms with van der Waals surface area (Å²) in [5, 5.41) is 13.8. The van der Waals surface area contributed by atoms with Crippen LogP contribution in [0.1, 0.15) is 26.7 Å². The van der Waals surface area contributed by atoms with Crippen molar-refractivity contribution in [2.75, 3.05) is 5.32 Å². The summed E-state index contributed by atoms with van der Waals surface area (Å²) in [5.41, 5.74) is 0.0921. The molecule has 0 aromatic heterocycles. The lowest BCUT2D eigenvalue weighted by molar-refractivity contribution is -0.385. The van der Waals surface area contributed by atoms with Gasteiger partial charge in [0.2, 0.25) is 0 Å². The smallest absolute Gasteiger partial charge is 0.274 e. The van der Waals surface area contributed by atoms with E-state index in [9.17, 15) is 14.5 Å². The Morgan fingerprint density at radius 2 is 2.06 bits per heavy atom. The van der Waals surface area contributed by atoms with E-state index in [0.717, 1.165) is 18.9 Å². The van der Waals surface area contributed by atoms with Crippen LogP contribution in [0.15, 0.2) is 18.2 Å². The Hall–Kier alpha value is -1.65. The third-order valence-corrected chi connectivity index (χ3v) is 3.16. The first-order valence-electron chi connectivity index (χ1n) is 5.61. The number of anilines is 1. The number of halogens is 1. The monoisotopic (exact) mass is 238 g/mol. The molecule has 1 aromatic carbocycles. The van der Waals surface area contributed by atoms with E-state index in [1.54, 1.807) is 0 Å². The summed E-state index contributed by atoms with van der Waals surface area (Å²) in [6.07, 6.45) is 2.30. The first kappa shape index (κ1) is 11.8. The van der Waals surface area contributed by atoms with Gasteiger partial charge in [-0.2, -0.15) is 0 Å². The average Bonchev–Trinajstić information content (AvgIpc) is 2.98. The van der Waals surface area contributed by atoms with Crippen LogP contribution >= 0.6 is 0 Å². The van der Waals surface area contributed by atoms with Crippen LogP contribution in [0, 0.1) is 21.8 Å². The summed E-state index contributed by atoms with van der Waals surface area (Å²) in [6.45, 7) is 4.06. The molecule has 1 aliphatic carbocycles. The molecule has 1 aliphatic rings. The fraction of sp³-hybridized carbons (Fsp3) is 0.500. The second-order valence-corrected chi connectivity index (χ2v) is 5.08. The highest BCUT2D eigenvalue weighted by atomic mass is 19.1. The summed E-state index contributed by atoms with van der Waals surface area (Å²) in [7, 11) is 0. The van der Waals surface area contributed by atoms with E-state index in [1.807, 2.05) is 13.8 Å². The highest BCUT2D eigenvalue weighted by Crippen LogP contribution is 2.41. The minimum Gasteiger partial charge on any atom is -0.380 e. The average molecular weight is 238 g/mol. The van der Waals surface area contributed by atoms with Crippen LogP contribution in [0.5, 0.6) is 0 Å². The van der Waals surface area contributed by atoms with Crippen LogP contribution in [-0.4, -0.2) is 10.5 Å². The number of nitro groups is 1. The Morgan fingerprint density at radius 3 is 2.59 bits per heavy atom. The molecule has 0 unspecified atom stereocenters. The van der Waals surface area contributed by atoms with Gasteiger partial charge in [0.25, 0.3) is 5.69 Å². The lowest BCUT2D eigenvalue weighted by Crippen LogP contribution is -2.33. The largest absolute Gasteiger partial charge is 0.380 e. The van der Waals surface area contributed by atoms with Crippen LogP contribution in [0.3, 0.4) is 0 Å². The fourth-order valence-electron chi connectivity index (χ4n) is 2.03. The van der Waals surface area contributed by atoms with Gasteiger partial charge in [-0.25, -0.2) is 4.39 Å². The van der Waals surface area contributed by atoms with Crippen LogP contribution in [0.25, 0.3) is 0 Å². The van der Waals surface area contributed by atoms with E-state index >= 15 is 0 Å². The van der Waals surface area contributed by atoms with Crippen molar-refractivity contribution < 1.29 is 9.31 Å². The zero-order chi connectivity index (χ0) is 12.6. The molecule has 0 bridgehead atoms. The molecule has 0 aliphatic heterocycles. The Bertz CT molecular complexity index is 456. The molecule has 0 spiro atoms. The van der Waals surface area contributed by atoms with E-state index in [4.69, 9.17) is 0 Å². The molecule has 0 radical (unpaired) electrons. The Kier molecular flexibility index (Phi) is 2.77.